The van der Waals surface area contributed by atoms with Gasteiger partial charge in [-0.1, -0.05) is 40.5 Å². The highest BCUT2D eigenvalue weighted by atomic mass is 15.3. The molecule has 138 valence electrons. The summed E-state index contributed by atoms with van der Waals surface area (Å²) in [6.45, 7) is 11.9. The van der Waals surface area contributed by atoms with Gasteiger partial charge in [0.2, 0.25) is 0 Å². The van der Waals surface area contributed by atoms with Gasteiger partial charge in [0, 0.05) is 37.9 Å². The molecule has 24 heavy (non-hydrogen) atoms. The van der Waals surface area contributed by atoms with Gasteiger partial charge < -0.3 is 10.6 Å². The van der Waals surface area contributed by atoms with E-state index >= 15 is 0 Å². The van der Waals surface area contributed by atoms with Crippen molar-refractivity contribution >= 4 is 5.96 Å². The number of nitrogens with zero attached hydrogens (tertiary/aromatic N) is 3. The highest BCUT2D eigenvalue weighted by Gasteiger charge is 2.14. The van der Waals surface area contributed by atoms with Crippen LogP contribution in [0.15, 0.2) is 4.99 Å². The first-order valence-electron chi connectivity index (χ1n) is 9.43. The van der Waals surface area contributed by atoms with Crippen LogP contribution in [0.25, 0.3) is 0 Å². The molecule has 1 heterocycles. The highest BCUT2D eigenvalue weighted by Crippen LogP contribution is 2.15. The van der Waals surface area contributed by atoms with E-state index in [2.05, 4.69) is 55.3 Å². The summed E-state index contributed by atoms with van der Waals surface area (Å²) in [6.07, 6.45) is 5.67. The summed E-state index contributed by atoms with van der Waals surface area (Å²) in [5.41, 5.74) is 3.81. The van der Waals surface area contributed by atoms with Gasteiger partial charge in [0.15, 0.2) is 5.96 Å². The van der Waals surface area contributed by atoms with Gasteiger partial charge in [-0.25, -0.2) is 0 Å². The van der Waals surface area contributed by atoms with E-state index in [4.69, 9.17) is 0 Å². The molecule has 5 nitrogen and oxygen atoms in total. The number of guanidine groups is 1. The van der Waals surface area contributed by atoms with Crippen molar-refractivity contribution in [3.8, 4) is 0 Å². The zero-order chi connectivity index (χ0) is 18.1. The van der Waals surface area contributed by atoms with Gasteiger partial charge in [0.05, 0.1) is 5.69 Å². The van der Waals surface area contributed by atoms with Crippen LogP contribution in [0.1, 0.15) is 70.8 Å². The Morgan fingerprint density at radius 2 is 1.88 bits per heavy atom. The van der Waals surface area contributed by atoms with E-state index in [1.54, 1.807) is 0 Å². The quantitative estimate of drug-likeness (QED) is 0.537. The molecule has 0 aromatic carbocycles. The van der Waals surface area contributed by atoms with E-state index in [0.717, 1.165) is 31.3 Å². The van der Waals surface area contributed by atoms with E-state index in [0.29, 0.717) is 6.04 Å². The normalized spacial score (nSPS) is 13.4. The summed E-state index contributed by atoms with van der Waals surface area (Å²) in [7, 11) is 3.87. The van der Waals surface area contributed by atoms with Crippen LogP contribution in [0.3, 0.4) is 0 Å². The van der Waals surface area contributed by atoms with Crippen molar-refractivity contribution < 1.29 is 0 Å². The molecule has 2 N–H and O–H groups in total. The molecular weight excluding hydrogens is 298 g/mol. The van der Waals surface area contributed by atoms with Crippen LogP contribution in [0.2, 0.25) is 0 Å². The summed E-state index contributed by atoms with van der Waals surface area (Å²) in [6, 6.07) is 0.431. The average molecular weight is 336 g/mol. The Balaban J connectivity index is 2.58. The van der Waals surface area contributed by atoms with Crippen molar-refractivity contribution in [2.75, 3.05) is 7.05 Å². The molecule has 5 heteroatoms. The average Bonchev–Trinajstić information content (AvgIpc) is 2.85. The fourth-order valence-electron chi connectivity index (χ4n) is 3.10. The molecule has 0 saturated carbocycles. The standard InChI is InChI=1S/C19H37N5/c1-8-17-16(18(9-2)24(7)23-17)13-21-19(20-6)22-15(5)12-10-11-14(3)4/h14-15H,8-13H2,1-7H3,(H2,20,21,22). The fourth-order valence-corrected chi connectivity index (χ4v) is 3.10. The zero-order valence-corrected chi connectivity index (χ0v) is 16.7. The van der Waals surface area contributed by atoms with Gasteiger partial charge in [0.1, 0.15) is 0 Å². The van der Waals surface area contributed by atoms with Crippen LogP contribution in [0, 0.1) is 5.92 Å². The van der Waals surface area contributed by atoms with Gasteiger partial charge >= 0.3 is 0 Å². The van der Waals surface area contributed by atoms with Gasteiger partial charge in [-0.15, -0.1) is 0 Å². The van der Waals surface area contributed by atoms with Crippen LogP contribution in [-0.4, -0.2) is 28.8 Å². The molecule has 0 spiro atoms. The van der Waals surface area contributed by atoms with Gasteiger partial charge in [-0.2, -0.15) is 5.10 Å². The fraction of sp³-hybridized carbons (Fsp3) is 0.789. The lowest BCUT2D eigenvalue weighted by molar-refractivity contribution is 0.491. The summed E-state index contributed by atoms with van der Waals surface area (Å²) >= 11 is 0. The minimum absolute atomic E-state index is 0.431. The van der Waals surface area contributed by atoms with Crippen LogP contribution >= 0.6 is 0 Å². The zero-order valence-electron chi connectivity index (χ0n) is 16.7. The molecule has 0 bridgehead atoms. The van der Waals surface area contributed by atoms with E-state index in [-0.39, 0.29) is 0 Å². The van der Waals surface area contributed by atoms with Crippen molar-refractivity contribution in [1.29, 1.82) is 0 Å². The summed E-state index contributed by atoms with van der Waals surface area (Å²) in [5.74, 6) is 1.65. The smallest absolute Gasteiger partial charge is 0.191 e. The molecule has 1 rings (SSSR count). The predicted molar refractivity (Wildman–Crippen MR) is 103 cm³/mol. The monoisotopic (exact) mass is 335 g/mol. The molecule has 1 aromatic rings. The van der Waals surface area contributed by atoms with E-state index in [9.17, 15) is 0 Å². The SMILES string of the molecule is CCc1nn(C)c(CC)c1CNC(=NC)NC(C)CCCC(C)C. The van der Waals surface area contributed by atoms with Gasteiger partial charge in [-0.05, 0) is 32.1 Å². The Bertz CT molecular complexity index is 516. The van der Waals surface area contributed by atoms with Crippen molar-refractivity contribution in [2.24, 2.45) is 18.0 Å². The second-order valence-corrected chi connectivity index (χ2v) is 7.00. The number of aliphatic imine (C=N–C) groups is 1. The number of rotatable bonds is 9. The first-order chi connectivity index (χ1) is 11.4. The van der Waals surface area contributed by atoms with Crippen molar-refractivity contribution in [2.45, 2.75) is 79.3 Å². The van der Waals surface area contributed by atoms with E-state index in [1.165, 1.54) is 36.2 Å². The second-order valence-electron chi connectivity index (χ2n) is 7.00. The third-order valence-electron chi connectivity index (χ3n) is 4.49. The van der Waals surface area contributed by atoms with Crippen LogP contribution in [0.4, 0.5) is 0 Å². The Labute approximate surface area is 148 Å². The largest absolute Gasteiger partial charge is 0.354 e. The molecule has 1 atom stereocenters. The molecule has 1 aromatic heterocycles. The van der Waals surface area contributed by atoms with Crippen LogP contribution in [-0.2, 0) is 26.4 Å². The van der Waals surface area contributed by atoms with Gasteiger partial charge in [0.25, 0.3) is 0 Å². The molecule has 1 unspecified atom stereocenters. The maximum Gasteiger partial charge on any atom is 0.191 e. The number of hydrogen-bond acceptors (Lipinski definition) is 2. The number of aryl methyl sites for hydroxylation is 2. The lowest BCUT2D eigenvalue weighted by atomic mass is 10.0. The lowest BCUT2D eigenvalue weighted by Crippen LogP contribution is -2.42. The third kappa shape index (κ3) is 6.17. The van der Waals surface area contributed by atoms with Crippen molar-refractivity contribution in [1.82, 2.24) is 20.4 Å². The molecule has 0 radical (unpaired) electrons. The summed E-state index contributed by atoms with van der Waals surface area (Å²) in [5, 5.41) is 11.6. The first kappa shape index (κ1) is 20.5. The van der Waals surface area contributed by atoms with Crippen LogP contribution < -0.4 is 10.6 Å². The molecule has 0 amide bonds. The molecule has 0 saturated heterocycles. The molecule has 0 fully saturated rings. The van der Waals surface area contributed by atoms with Crippen molar-refractivity contribution in [3.05, 3.63) is 17.0 Å². The number of aromatic nitrogens is 2. The Hall–Kier alpha value is -1.52. The Kier molecular flexibility index (Phi) is 8.87. The van der Waals surface area contributed by atoms with Crippen LogP contribution in [0.5, 0.6) is 0 Å². The minimum atomic E-state index is 0.431. The molecular formula is C19H37N5. The summed E-state index contributed by atoms with van der Waals surface area (Å²) < 4.78 is 2.01. The second kappa shape index (κ2) is 10.4. The first-order valence-corrected chi connectivity index (χ1v) is 9.43. The summed E-state index contributed by atoms with van der Waals surface area (Å²) in [4.78, 5) is 4.37. The third-order valence-corrected chi connectivity index (χ3v) is 4.49. The topological polar surface area (TPSA) is 54.2 Å². The highest BCUT2D eigenvalue weighted by molar-refractivity contribution is 5.79. The minimum Gasteiger partial charge on any atom is -0.354 e. The van der Waals surface area contributed by atoms with Crippen molar-refractivity contribution in [3.63, 3.8) is 0 Å². The van der Waals surface area contributed by atoms with Gasteiger partial charge in [-0.3, -0.25) is 9.67 Å². The molecule has 0 aliphatic heterocycles. The number of hydrogen-bond donors (Lipinski definition) is 2. The lowest BCUT2D eigenvalue weighted by Gasteiger charge is -2.18. The van der Waals surface area contributed by atoms with E-state index < -0.39 is 0 Å². The maximum absolute atomic E-state index is 4.64. The predicted octanol–water partition coefficient (Wildman–Crippen LogP) is 3.42. The molecule has 0 aliphatic rings. The number of nitrogens with one attached hydrogen (secondary N) is 2. The maximum atomic E-state index is 4.64. The van der Waals surface area contributed by atoms with E-state index in [1.807, 2.05) is 18.8 Å². The molecule has 0 aliphatic carbocycles. The Morgan fingerprint density at radius 3 is 2.42 bits per heavy atom. The Morgan fingerprint density at radius 1 is 1.17 bits per heavy atom.